The molecule has 1 aliphatic rings. The lowest BCUT2D eigenvalue weighted by Crippen LogP contribution is -2.09. The molecule has 0 bridgehead atoms. The van der Waals surface area contributed by atoms with E-state index in [0.29, 0.717) is 0 Å². The molecule has 2 aromatic heterocycles. The molecule has 0 fully saturated rings. The molecule has 0 saturated carbocycles. The van der Waals surface area contributed by atoms with Crippen LogP contribution in [0.1, 0.15) is 60.0 Å². The van der Waals surface area contributed by atoms with Crippen molar-refractivity contribution in [3.8, 4) is 0 Å². The molecule has 2 heterocycles. The number of aryl methyl sites for hydroxylation is 2. The van der Waals surface area contributed by atoms with E-state index in [-0.39, 0.29) is 11.6 Å². The first kappa shape index (κ1) is 12.1. The Labute approximate surface area is 111 Å². The monoisotopic (exact) mass is 259 g/mol. The largest absolute Gasteiger partial charge is 0.477 e. The van der Waals surface area contributed by atoms with E-state index in [0.717, 1.165) is 48.3 Å². The number of rotatable bonds is 2. The van der Waals surface area contributed by atoms with Gasteiger partial charge in [0, 0.05) is 11.3 Å². The van der Waals surface area contributed by atoms with Crippen LogP contribution in [0.5, 0.6) is 0 Å². The molecular formula is C14H17N3O2. The van der Waals surface area contributed by atoms with Gasteiger partial charge in [0.1, 0.15) is 0 Å². The van der Waals surface area contributed by atoms with Crippen LogP contribution in [-0.2, 0) is 12.8 Å². The molecule has 0 amide bonds. The van der Waals surface area contributed by atoms with Gasteiger partial charge in [-0.15, -0.1) is 0 Å². The maximum absolute atomic E-state index is 11.2. The summed E-state index contributed by atoms with van der Waals surface area (Å²) in [4.78, 5) is 15.5. The molecular weight excluding hydrogens is 242 g/mol. The zero-order valence-electron chi connectivity index (χ0n) is 11.2. The zero-order valence-corrected chi connectivity index (χ0v) is 11.2. The van der Waals surface area contributed by atoms with Crippen molar-refractivity contribution >= 4 is 11.6 Å². The van der Waals surface area contributed by atoms with Crippen LogP contribution in [0.4, 0.5) is 0 Å². The van der Waals surface area contributed by atoms with Gasteiger partial charge in [0.25, 0.3) is 0 Å². The average Bonchev–Trinajstić information content (AvgIpc) is 2.75. The predicted molar refractivity (Wildman–Crippen MR) is 70.7 cm³/mol. The van der Waals surface area contributed by atoms with Crippen molar-refractivity contribution in [3.05, 3.63) is 28.7 Å². The molecule has 3 rings (SSSR count). The molecule has 19 heavy (non-hydrogen) atoms. The summed E-state index contributed by atoms with van der Waals surface area (Å²) >= 11 is 0. The molecule has 0 aromatic carbocycles. The number of carboxylic acids is 1. The molecule has 1 N–H and O–H groups in total. The van der Waals surface area contributed by atoms with Gasteiger partial charge in [-0.3, -0.25) is 0 Å². The van der Waals surface area contributed by atoms with E-state index >= 15 is 0 Å². The number of aromatic carboxylic acids is 1. The number of fused-ring (bicyclic) bond motifs is 3. The predicted octanol–water partition coefficient (Wildman–Crippen LogP) is 2.43. The van der Waals surface area contributed by atoms with Gasteiger partial charge in [-0.1, -0.05) is 13.8 Å². The second-order valence-corrected chi connectivity index (χ2v) is 5.39. The molecule has 1 aliphatic carbocycles. The standard InChI is InChI=1S/C14H17N3O2/c1-8(2)12-7-11(14(18)19)15-13-9-5-3-4-6-10(9)16-17(12)13/h7-8H,3-6H2,1-2H3,(H,18,19). The van der Waals surface area contributed by atoms with E-state index < -0.39 is 5.97 Å². The highest BCUT2D eigenvalue weighted by Gasteiger charge is 2.22. The van der Waals surface area contributed by atoms with Crippen molar-refractivity contribution in [2.45, 2.75) is 45.4 Å². The Hall–Kier alpha value is -1.91. The number of hydrogen-bond acceptors (Lipinski definition) is 3. The van der Waals surface area contributed by atoms with Gasteiger partial charge in [-0.2, -0.15) is 5.10 Å². The lowest BCUT2D eigenvalue weighted by molar-refractivity contribution is 0.0690. The Morgan fingerprint density at radius 2 is 2.11 bits per heavy atom. The lowest BCUT2D eigenvalue weighted by Gasteiger charge is -2.10. The molecule has 5 nitrogen and oxygen atoms in total. The summed E-state index contributed by atoms with van der Waals surface area (Å²) in [6, 6.07) is 1.64. The Kier molecular flexibility index (Phi) is 2.77. The summed E-state index contributed by atoms with van der Waals surface area (Å²) in [6.07, 6.45) is 4.20. The van der Waals surface area contributed by atoms with Crippen LogP contribution < -0.4 is 0 Å². The topological polar surface area (TPSA) is 67.5 Å². The number of aromatic nitrogens is 3. The van der Waals surface area contributed by atoms with Gasteiger partial charge in [-0.05, 0) is 37.7 Å². The van der Waals surface area contributed by atoms with Crippen LogP contribution in [0.2, 0.25) is 0 Å². The highest BCUT2D eigenvalue weighted by atomic mass is 16.4. The summed E-state index contributed by atoms with van der Waals surface area (Å²) in [6.45, 7) is 4.09. The molecule has 5 heteroatoms. The van der Waals surface area contributed by atoms with E-state index in [4.69, 9.17) is 0 Å². The van der Waals surface area contributed by atoms with Crippen molar-refractivity contribution < 1.29 is 9.90 Å². The van der Waals surface area contributed by atoms with Gasteiger partial charge in [0.2, 0.25) is 0 Å². The van der Waals surface area contributed by atoms with Crippen LogP contribution in [0.15, 0.2) is 6.07 Å². The Balaban J connectivity index is 2.33. The first-order chi connectivity index (χ1) is 9.08. The fraction of sp³-hybridized carbons (Fsp3) is 0.500. The van der Waals surface area contributed by atoms with Crippen LogP contribution in [0.25, 0.3) is 5.65 Å². The third kappa shape index (κ3) is 1.89. The molecule has 0 aliphatic heterocycles. The third-order valence-corrected chi connectivity index (χ3v) is 3.70. The van der Waals surface area contributed by atoms with Crippen molar-refractivity contribution in [1.29, 1.82) is 0 Å². The molecule has 2 aromatic rings. The molecule has 100 valence electrons. The average molecular weight is 259 g/mol. The molecule has 0 atom stereocenters. The summed E-state index contributed by atoms with van der Waals surface area (Å²) in [5, 5.41) is 13.8. The minimum absolute atomic E-state index is 0.115. The van der Waals surface area contributed by atoms with Crippen molar-refractivity contribution in [2.75, 3.05) is 0 Å². The van der Waals surface area contributed by atoms with Crippen LogP contribution in [-0.4, -0.2) is 25.7 Å². The molecule has 0 radical (unpaired) electrons. The van der Waals surface area contributed by atoms with Gasteiger partial charge in [-0.25, -0.2) is 14.3 Å². The molecule has 0 spiro atoms. The second-order valence-electron chi connectivity index (χ2n) is 5.39. The highest BCUT2D eigenvalue weighted by molar-refractivity contribution is 5.86. The number of nitrogens with zero attached hydrogens (tertiary/aromatic N) is 3. The van der Waals surface area contributed by atoms with Gasteiger partial charge in [0.05, 0.1) is 5.69 Å². The van der Waals surface area contributed by atoms with E-state index in [1.54, 1.807) is 6.07 Å². The van der Waals surface area contributed by atoms with Crippen molar-refractivity contribution in [3.63, 3.8) is 0 Å². The van der Waals surface area contributed by atoms with Crippen LogP contribution in [0.3, 0.4) is 0 Å². The van der Waals surface area contributed by atoms with Crippen LogP contribution >= 0.6 is 0 Å². The Morgan fingerprint density at radius 1 is 1.37 bits per heavy atom. The Morgan fingerprint density at radius 3 is 2.79 bits per heavy atom. The number of hydrogen-bond donors (Lipinski definition) is 1. The summed E-state index contributed by atoms with van der Waals surface area (Å²) < 4.78 is 1.84. The number of carbonyl (C=O) groups is 1. The first-order valence-electron chi connectivity index (χ1n) is 6.72. The summed E-state index contributed by atoms with van der Waals surface area (Å²) in [5.74, 6) is -0.764. The van der Waals surface area contributed by atoms with E-state index in [9.17, 15) is 9.90 Å². The maximum atomic E-state index is 11.2. The van der Waals surface area contributed by atoms with Gasteiger partial charge >= 0.3 is 5.97 Å². The SMILES string of the molecule is CC(C)c1cc(C(=O)O)nc2c3c(nn12)CCCC3. The van der Waals surface area contributed by atoms with E-state index in [2.05, 4.69) is 10.1 Å². The minimum atomic E-state index is -0.977. The van der Waals surface area contributed by atoms with Crippen LogP contribution in [0, 0.1) is 0 Å². The van der Waals surface area contributed by atoms with Crippen molar-refractivity contribution in [1.82, 2.24) is 14.6 Å². The maximum Gasteiger partial charge on any atom is 0.354 e. The highest BCUT2D eigenvalue weighted by Crippen LogP contribution is 2.26. The number of carboxylic acid groups (broad SMARTS) is 1. The quantitative estimate of drug-likeness (QED) is 0.899. The summed E-state index contributed by atoms with van der Waals surface area (Å²) in [7, 11) is 0. The fourth-order valence-corrected chi connectivity index (χ4v) is 2.70. The van der Waals surface area contributed by atoms with E-state index in [1.807, 2.05) is 18.4 Å². The second kappa shape index (κ2) is 4.33. The Bertz CT molecular complexity index is 658. The van der Waals surface area contributed by atoms with E-state index in [1.165, 1.54) is 0 Å². The summed E-state index contributed by atoms with van der Waals surface area (Å²) in [5.41, 5.74) is 3.99. The molecule has 0 saturated heterocycles. The van der Waals surface area contributed by atoms with Gasteiger partial charge < -0.3 is 5.11 Å². The van der Waals surface area contributed by atoms with Gasteiger partial charge in [0.15, 0.2) is 11.3 Å². The normalized spacial score (nSPS) is 14.9. The minimum Gasteiger partial charge on any atom is -0.477 e. The smallest absolute Gasteiger partial charge is 0.354 e. The third-order valence-electron chi connectivity index (χ3n) is 3.70. The lowest BCUT2D eigenvalue weighted by atomic mass is 9.98. The first-order valence-corrected chi connectivity index (χ1v) is 6.72. The molecule has 0 unspecified atom stereocenters. The fourth-order valence-electron chi connectivity index (χ4n) is 2.70. The van der Waals surface area contributed by atoms with Crippen molar-refractivity contribution in [2.24, 2.45) is 0 Å². The zero-order chi connectivity index (χ0) is 13.6.